The molecule has 2 heteroatoms. The van der Waals surface area contributed by atoms with E-state index >= 15 is 0 Å². The number of rotatable bonds is 9. The molecule has 0 aliphatic heterocycles. The average Bonchev–Trinajstić information content (AvgIpc) is 2.80. The van der Waals surface area contributed by atoms with E-state index in [9.17, 15) is 4.39 Å². The van der Waals surface area contributed by atoms with Crippen molar-refractivity contribution in [3.63, 3.8) is 0 Å². The molecule has 0 saturated heterocycles. The lowest BCUT2D eigenvalue weighted by atomic mass is 9.77. The summed E-state index contributed by atoms with van der Waals surface area (Å²) in [6.45, 7) is 2.29. The topological polar surface area (TPSA) is 0 Å². The molecule has 31 heavy (non-hydrogen) atoms. The Morgan fingerprint density at radius 1 is 0.806 bits per heavy atom. The molecule has 1 fully saturated rings. The lowest BCUT2D eigenvalue weighted by Gasteiger charge is -2.28. The Hall–Kier alpha value is -1.78. The number of unbranched alkanes of at least 4 members (excludes halogenated alkanes) is 4. The third kappa shape index (κ3) is 8.34. The summed E-state index contributed by atoms with van der Waals surface area (Å²) in [4.78, 5) is 0. The van der Waals surface area contributed by atoms with Gasteiger partial charge in [0.05, 0.1) is 5.02 Å². The summed E-state index contributed by atoms with van der Waals surface area (Å²) in [5, 5.41) is 0.130. The van der Waals surface area contributed by atoms with Crippen LogP contribution in [0.1, 0.15) is 94.2 Å². The van der Waals surface area contributed by atoms with Crippen LogP contribution in [0.3, 0.4) is 0 Å². The molecule has 0 heterocycles. The Balaban J connectivity index is 1.37. The van der Waals surface area contributed by atoms with Crippen LogP contribution in [0.25, 0.3) is 0 Å². The molecule has 1 aliphatic carbocycles. The second kappa shape index (κ2) is 12.9. The molecule has 0 unspecified atom stereocenters. The Morgan fingerprint density at radius 3 is 2.10 bits per heavy atom. The quantitative estimate of drug-likeness (QED) is 0.270. The van der Waals surface area contributed by atoms with E-state index in [1.165, 1.54) is 82.3 Å². The molecule has 166 valence electrons. The number of halogens is 2. The Labute approximate surface area is 193 Å². The first-order valence-electron chi connectivity index (χ1n) is 12.2. The molecule has 2 aromatic carbocycles. The van der Waals surface area contributed by atoms with Gasteiger partial charge in [-0.3, -0.25) is 0 Å². The molecule has 1 aliphatic rings. The second-order valence-electron chi connectivity index (χ2n) is 9.20. The minimum absolute atomic E-state index is 0.130. The predicted molar refractivity (Wildman–Crippen MR) is 131 cm³/mol. The van der Waals surface area contributed by atoms with Crippen LogP contribution in [-0.4, -0.2) is 0 Å². The van der Waals surface area contributed by atoms with Gasteiger partial charge in [0.25, 0.3) is 0 Å². The van der Waals surface area contributed by atoms with Crippen LogP contribution in [0.4, 0.5) is 4.39 Å². The standard InChI is InChI=1S/C29H36ClF/c1-2-3-4-5-6-7-23-8-10-24(11-9-23)12-13-25-14-16-26(17-15-25)18-19-27-20-21-28(30)29(31)22-27/h14-17,20-24H,2-13H2,1H3. The van der Waals surface area contributed by atoms with E-state index in [2.05, 4.69) is 43.0 Å². The highest BCUT2D eigenvalue weighted by Crippen LogP contribution is 2.34. The SMILES string of the molecule is CCCCCCCC1CCC(CCc2ccc(C#Cc3ccc(Cl)c(F)c3)cc2)CC1. The zero-order valence-corrected chi connectivity index (χ0v) is 19.7. The average molecular weight is 439 g/mol. The summed E-state index contributed by atoms with van der Waals surface area (Å²) >= 11 is 5.72. The number of hydrogen-bond acceptors (Lipinski definition) is 0. The third-order valence-corrected chi connectivity index (χ3v) is 7.05. The van der Waals surface area contributed by atoms with Crippen LogP contribution in [0.2, 0.25) is 5.02 Å². The highest BCUT2D eigenvalue weighted by atomic mass is 35.5. The van der Waals surface area contributed by atoms with Crippen LogP contribution < -0.4 is 0 Å². The van der Waals surface area contributed by atoms with E-state index in [1.54, 1.807) is 12.1 Å². The van der Waals surface area contributed by atoms with E-state index < -0.39 is 5.82 Å². The Morgan fingerprint density at radius 2 is 1.42 bits per heavy atom. The smallest absolute Gasteiger partial charge is 0.143 e. The lowest BCUT2D eigenvalue weighted by Crippen LogP contribution is -2.15. The van der Waals surface area contributed by atoms with Gasteiger partial charge in [-0.1, -0.05) is 107 Å². The van der Waals surface area contributed by atoms with Crippen molar-refractivity contribution < 1.29 is 4.39 Å². The van der Waals surface area contributed by atoms with Crippen molar-refractivity contribution in [2.75, 3.05) is 0 Å². The van der Waals surface area contributed by atoms with Gasteiger partial charge in [-0.15, -0.1) is 0 Å². The summed E-state index contributed by atoms with van der Waals surface area (Å²) in [5.74, 6) is 7.59. The molecular weight excluding hydrogens is 403 g/mol. The maximum Gasteiger partial charge on any atom is 0.143 e. The lowest BCUT2D eigenvalue weighted by molar-refractivity contribution is 0.248. The highest BCUT2D eigenvalue weighted by Gasteiger charge is 2.20. The van der Waals surface area contributed by atoms with Gasteiger partial charge >= 0.3 is 0 Å². The Kier molecular flexibility index (Phi) is 9.95. The van der Waals surface area contributed by atoms with Crippen LogP contribution in [-0.2, 0) is 6.42 Å². The predicted octanol–water partition coefficient (Wildman–Crippen LogP) is 8.98. The maximum absolute atomic E-state index is 13.5. The second-order valence-corrected chi connectivity index (χ2v) is 9.61. The van der Waals surface area contributed by atoms with Crippen molar-refractivity contribution in [2.24, 2.45) is 11.8 Å². The van der Waals surface area contributed by atoms with E-state index in [-0.39, 0.29) is 5.02 Å². The van der Waals surface area contributed by atoms with Crippen LogP contribution in [0.5, 0.6) is 0 Å². The van der Waals surface area contributed by atoms with E-state index in [4.69, 9.17) is 11.6 Å². The summed E-state index contributed by atoms with van der Waals surface area (Å²) in [5.41, 5.74) is 2.99. The van der Waals surface area contributed by atoms with Crippen molar-refractivity contribution >= 4 is 11.6 Å². The third-order valence-electron chi connectivity index (χ3n) is 6.75. The molecule has 0 aromatic heterocycles. The maximum atomic E-state index is 13.5. The van der Waals surface area contributed by atoms with Gasteiger partial charge in [-0.25, -0.2) is 4.39 Å². The van der Waals surface area contributed by atoms with Crippen LogP contribution in [0, 0.1) is 29.5 Å². The van der Waals surface area contributed by atoms with Crippen molar-refractivity contribution in [3.8, 4) is 11.8 Å². The van der Waals surface area contributed by atoms with Crippen LogP contribution in [0.15, 0.2) is 42.5 Å². The first kappa shape index (κ1) is 23.9. The van der Waals surface area contributed by atoms with Gasteiger partial charge in [0.2, 0.25) is 0 Å². The summed E-state index contributed by atoms with van der Waals surface area (Å²) < 4.78 is 13.5. The molecule has 0 amide bonds. The fourth-order valence-corrected chi connectivity index (χ4v) is 4.81. The highest BCUT2D eigenvalue weighted by molar-refractivity contribution is 6.30. The number of aryl methyl sites for hydroxylation is 1. The van der Waals surface area contributed by atoms with E-state index in [1.807, 2.05) is 0 Å². The van der Waals surface area contributed by atoms with Crippen molar-refractivity contribution in [1.29, 1.82) is 0 Å². The molecule has 1 saturated carbocycles. The molecular formula is C29H36ClF. The van der Waals surface area contributed by atoms with Gasteiger partial charge < -0.3 is 0 Å². The van der Waals surface area contributed by atoms with Gasteiger partial charge in [0.1, 0.15) is 5.82 Å². The van der Waals surface area contributed by atoms with Gasteiger partial charge in [0.15, 0.2) is 0 Å². The minimum atomic E-state index is -0.426. The zero-order valence-electron chi connectivity index (χ0n) is 18.9. The minimum Gasteiger partial charge on any atom is -0.205 e. The van der Waals surface area contributed by atoms with Crippen molar-refractivity contribution in [1.82, 2.24) is 0 Å². The molecule has 0 nitrogen and oxygen atoms in total. The van der Waals surface area contributed by atoms with E-state index in [0.717, 1.165) is 23.8 Å². The summed E-state index contributed by atoms with van der Waals surface area (Å²) in [6.07, 6.45) is 16.7. The Bertz CT molecular complexity index is 851. The summed E-state index contributed by atoms with van der Waals surface area (Å²) in [6, 6.07) is 13.2. The monoisotopic (exact) mass is 438 g/mol. The molecule has 0 atom stereocenters. The zero-order chi connectivity index (χ0) is 21.9. The molecule has 0 N–H and O–H groups in total. The fourth-order valence-electron chi connectivity index (χ4n) is 4.69. The van der Waals surface area contributed by atoms with Gasteiger partial charge in [0, 0.05) is 11.1 Å². The number of hydrogen-bond donors (Lipinski definition) is 0. The molecule has 3 rings (SSSR count). The molecule has 0 bridgehead atoms. The van der Waals surface area contributed by atoms with E-state index in [0.29, 0.717) is 5.56 Å². The molecule has 0 spiro atoms. The first-order valence-corrected chi connectivity index (χ1v) is 12.6. The van der Waals surface area contributed by atoms with Crippen molar-refractivity contribution in [3.05, 3.63) is 70.0 Å². The normalized spacial score (nSPS) is 18.4. The van der Waals surface area contributed by atoms with Crippen LogP contribution >= 0.6 is 11.6 Å². The summed E-state index contributed by atoms with van der Waals surface area (Å²) in [7, 11) is 0. The van der Waals surface area contributed by atoms with Gasteiger partial charge in [-0.2, -0.15) is 0 Å². The van der Waals surface area contributed by atoms with Gasteiger partial charge in [-0.05, 0) is 60.6 Å². The largest absolute Gasteiger partial charge is 0.205 e. The number of benzene rings is 2. The molecule has 2 aromatic rings. The fraction of sp³-hybridized carbons (Fsp3) is 0.517. The first-order chi connectivity index (χ1) is 15.1. The van der Waals surface area contributed by atoms with Crippen molar-refractivity contribution in [2.45, 2.75) is 84.0 Å². The molecule has 0 radical (unpaired) electrons.